The van der Waals surface area contributed by atoms with Crippen molar-refractivity contribution in [3.05, 3.63) is 51.0 Å². The molecular weight excluding hydrogens is 373 g/mol. The Bertz CT molecular complexity index is 663. The molecule has 0 aliphatic carbocycles. The van der Waals surface area contributed by atoms with E-state index in [1.54, 1.807) is 24.3 Å². The maximum Gasteiger partial charge on any atom is 0.337 e. The molecule has 2 N–H and O–H groups in total. The number of nitrogens with one attached hydrogen (secondary N) is 1. The molecule has 0 radical (unpaired) electrons. The van der Waals surface area contributed by atoms with Crippen molar-refractivity contribution in [2.45, 2.75) is 13.3 Å². The topological polar surface area (TPSA) is 79.5 Å². The normalized spacial score (nSPS) is 10.3. The summed E-state index contributed by atoms with van der Waals surface area (Å²) in [4.78, 5) is 23.2. The highest BCUT2D eigenvalue weighted by atomic mass is 127. The molecule has 0 atom stereocenters. The van der Waals surface area contributed by atoms with E-state index in [4.69, 9.17) is 9.52 Å². The molecule has 0 aliphatic rings. The SMILES string of the molecule is CCc1ccc(C(=O)Nc2ccc(I)cc2C(=O)O)o1. The fourth-order valence-corrected chi connectivity index (χ4v) is 2.17. The van der Waals surface area contributed by atoms with Crippen LogP contribution in [-0.2, 0) is 6.42 Å². The van der Waals surface area contributed by atoms with Gasteiger partial charge in [-0.2, -0.15) is 0 Å². The molecule has 5 nitrogen and oxygen atoms in total. The van der Waals surface area contributed by atoms with Gasteiger partial charge in [0.2, 0.25) is 0 Å². The first-order valence-electron chi connectivity index (χ1n) is 5.94. The van der Waals surface area contributed by atoms with Gasteiger partial charge in [-0.3, -0.25) is 4.79 Å². The number of hydrogen-bond donors (Lipinski definition) is 2. The standard InChI is InChI=1S/C14H12INO4/c1-2-9-4-6-12(20-9)13(17)16-11-5-3-8(15)7-10(11)14(18)19/h3-7H,2H2,1H3,(H,16,17)(H,18,19). The minimum Gasteiger partial charge on any atom is -0.478 e. The van der Waals surface area contributed by atoms with E-state index in [1.165, 1.54) is 6.07 Å². The first kappa shape index (κ1) is 14.6. The number of carbonyl (C=O) groups is 2. The first-order chi connectivity index (χ1) is 9.51. The molecule has 2 aromatic rings. The van der Waals surface area contributed by atoms with E-state index in [0.717, 1.165) is 3.57 Å². The van der Waals surface area contributed by atoms with E-state index in [1.807, 2.05) is 29.5 Å². The Kier molecular flexibility index (Phi) is 4.43. The predicted octanol–water partition coefficient (Wildman–Crippen LogP) is 3.40. The van der Waals surface area contributed by atoms with E-state index >= 15 is 0 Å². The van der Waals surface area contributed by atoms with Gasteiger partial charge in [0.15, 0.2) is 5.76 Å². The summed E-state index contributed by atoms with van der Waals surface area (Å²) in [7, 11) is 0. The number of benzene rings is 1. The van der Waals surface area contributed by atoms with E-state index in [-0.39, 0.29) is 17.0 Å². The van der Waals surface area contributed by atoms with Crippen molar-refractivity contribution in [2.24, 2.45) is 0 Å². The fraction of sp³-hybridized carbons (Fsp3) is 0.143. The van der Waals surface area contributed by atoms with Crippen molar-refractivity contribution in [2.75, 3.05) is 5.32 Å². The monoisotopic (exact) mass is 385 g/mol. The lowest BCUT2D eigenvalue weighted by Crippen LogP contribution is -2.14. The van der Waals surface area contributed by atoms with Crippen LogP contribution < -0.4 is 5.32 Å². The number of aromatic carboxylic acids is 1. The average Bonchev–Trinajstić information content (AvgIpc) is 2.89. The Morgan fingerprint density at radius 1 is 1.30 bits per heavy atom. The second-order valence-corrected chi connectivity index (χ2v) is 5.31. The molecule has 0 saturated carbocycles. The lowest BCUT2D eigenvalue weighted by atomic mass is 10.2. The summed E-state index contributed by atoms with van der Waals surface area (Å²) in [6, 6.07) is 8.08. The van der Waals surface area contributed by atoms with Crippen molar-refractivity contribution >= 4 is 40.2 Å². The Balaban J connectivity index is 2.25. The smallest absolute Gasteiger partial charge is 0.337 e. The third-order valence-corrected chi connectivity index (χ3v) is 3.37. The molecule has 0 aliphatic heterocycles. The predicted molar refractivity (Wildman–Crippen MR) is 82.2 cm³/mol. The van der Waals surface area contributed by atoms with Crippen LogP contribution in [0, 0.1) is 3.57 Å². The summed E-state index contributed by atoms with van der Waals surface area (Å²) >= 11 is 2.01. The van der Waals surface area contributed by atoms with Crippen LogP contribution in [0.1, 0.15) is 33.6 Å². The van der Waals surface area contributed by atoms with Crippen LogP contribution in [0.5, 0.6) is 0 Å². The largest absolute Gasteiger partial charge is 0.478 e. The van der Waals surface area contributed by atoms with E-state index in [0.29, 0.717) is 12.2 Å². The van der Waals surface area contributed by atoms with E-state index < -0.39 is 11.9 Å². The number of hydrogen-bond acceptors (Lipinski definition) is 3. The minimum atomic E-state index is -1.09. The van der Waals surface area contributed by atoms with Crippen LogP contribution >= 0.6 is 22.6 Å². The molecule has 2 rings (SSSR count). The molecule has 6 heteroatoms. The van der Waals surface area contributed by atoms with Gasteiger partial charge in [0.05, 0.1) is 11.3 Å². The van der Waals surface area contributed by atoms with Gasteiger partial charge in [-0.25, -0.2) is 4.79 Å². The summed E-state index contributed by atoms with van der Waals surface area (Å²) in [6.07, 6.45) is 0.692. The molecule has 104 valence electrons. The molecule has 20 heavy (non-hydrogen) atoms. The summed E-state index contributed by atoms with van der Waals surface area (Å²) < 4.78 is 6.11. The highest BCUT2D eigenvalue weighted by Gasteiger charge is 2.16. The van der Waals surface area contributed by atoms with Crippen molar-refractivity contribution in [1.82, 2.24) is 0 Å². The number of aryl methyl sites for hydroxylation is 1. The molecule has 0 fully saturated rings. The van der Waals surface area contributed by atoms with Crippen LogP contribution in [0.15, 0.2) is 34.7 Å². The van der Waals surface area contributed by atoms with Gasteiger partial charge in [0, 0.05) is 9.99 Å². The van der Waals surface area contributed by atoms with Crippen LogP contribution in [-0.4, -0.2) is 17.0 Å². The molecule has 1 aromatic carbocycles. The Morgan fingerprint density at radius 2 is 2.05 bits per heavy atom. The van der Waals surface area contributed by atoms with Crippen molar-refractivity contribution < 1.29 is 19.1 Å². The van der Waals surface area contributed by atoms with Gasteiger partial charge in [-0.05, 0) is 52.9 Å². The van der Waals surface area contributed by atoms with Gasteiger partial charge >= 0.3 is 5.97 Å². The van der Waals surface area contributed by atoms with Gasteiger partial charge in [0.1, 0.15) is 5.76 Å². The lowest BCUT2D eigenvalue weighted by molar-refractivity contribution is 0.0698. The number of anilines is 1. The molecule has 0 bridgehead atoms. The summed E-state index contributed by atoms with van der Waals surface area (Å²) in [5, 5.41) is 11.7. The summed E-state index contributed by atoms with van der Waals surface area (Å²) in [5.41, 5.74) is 0.296. The molecule has 0 saturated heterocycles. The number of carbonyl (C=O) groups excluding carboxylic acids is 1. The van der Waals surface area contributed by atoms with Crippen molar-refractivity contribution in [3.8, 4) is 0 Å². The van der Waals surface area contributed by atoms with Crippen LogP contribution in [0.25, 0.3) is 0 Å². The highest BCUT2D eigenvalue weighted by Crippen LogP contribution is 2.20. The zero-order valence-electron chi connectivity index (χ0n) is 10.6. The number of amides is 1. The Morgan fingerprint density at radius 3 is 2.65 bits per heavy atom. The quantitative estimate of drug-likeness (QED) is 0.791. The maximum atomic E-state index is 12.0. The first-order valence-corrected chi connectivity index (χ1v) is 7.02. The van der Waals surface area contributed by atoms with Gasteiger partial charge in [-0.1, -0.05) is 6.92 Å². The zero-order chi connectivity index (χ0) is 14.7. The van der Waals surface area contributed by atoms with Gasteiger partial charge < -0.3 is 14.8 Å². The Labute approximate surface area is 129 Å². The number of furan rings is 1. The van der Waals surface area contributed by atoms with Crippen molar-refractivity contribution in [1.29, 1.82) is 0 Å². The number of halogens is 1. The summed E-state index contributed by atoms with van der Waals surface area (Å²) in [6.45, 7) is 1.92. The van der Waals surface area contributed by atoms with Crippen LogP contribution in [0.3, 0.4) is 0 Å². The Hall–Kier alpha value is -1.83. The van der Waals surface area contributed by atoms with Crippen molar-refractivity contribution in [3.63, 3.8) is 0 Å². The second-order valence-electron chi connectivity index (χ2n) is 4.07. The van der Waals surface area contributed by atoms with Gasteiger partial charge in [-0.15, -0.1) is 0 Å². The zero-order valence-corrected chi connectivity index (χ0v) is 12.8. The van der Waals surface area contributed by atoms with Gasteiger partial charge in [0.25, 0.3) is 5.91 Å². The van der Waals surface area contributed by atoms with Crippen LogP contribution in [0.2, 0.25) is 0 Å². The number of carboxylic acids is 1. The molecule has 0 unspecified atom stereocenters. The molecule has 1 aromatic heterocycles. The van der Waals surface area contributed by atoms with Crippen LogP contribution in [0.4, 0.5) is 5.69 Å². The minimum absolute atomic E-state index is 0.0486. The van der Waals surface area contributed by atoms with E-state index in [2.05, 4.69) is 5.32 Å². The third kappa shape index (κ3) is 3.19. The second kappa shape index (κ2) is 6.08. The third-order valence-electron chi connectivity index (χ3n) is 2.69. The molecular formula is C14H12INO4. The highest BCUT2D eigenvalue weighted by molar-refractivity contribution is 14.1. The number of rotatable bonds is 4. The molecule has 0 spiro atoms. The lowest BCUT2D eigenvalue weighted by Gasteiger charge is -2.07. The van der Waals surface area contributed by atoms with E-state index in [9.17, 15) is 9.59 Å². The molecule has 1 amide bonds. The molecule has 1 heterocycles. The summed E-state index contributed by atoms with van der Waals surface area (Å²) in [5.74, 6) is -0.686. The average molecular weight is 385 g/mol. The fourth-order valence-electron chi connectivity index (χ4n) is 1.68. The maximum absolute atomic E-state index is 12.0. The number of carboxylic acid groups (broad SMARTS) is 1.